The Hall–Kier alpha value is -3.07. The summed E-state index contributed by atoms with van der Waals surface area (Å²) in [5.41, 5.74) is -0.139. The third-order valence-electron chi connectivity index (χ3n) is 3.85. The second-order valence-corrected chi connectivity index (χ2v) is 5.72. The molecular weight excluding hydrogens is 343 g/mol. The zero-order chi connectivity index (χ0) is 18.5. The number of H-pyrrole nitrogens is 1. The molecule has 2 heterocycles. The van der Waals surface area contributed by atoms with Crippen LogP contribution >= 0.6 is 0 Å². The predicted octanol–water partition coefficient (Wildman–Crippen LogP) is 0.739. The minimum atomic E-state index is -0.575. The zero-order valence-electron chi connectivity index (χ0n) is 13.8. The second kappa shape index (κ2) is 7.87. The lowest BCUT2D eigenvalue weighted by Gasteiger charge is -2.27. The Kier molecular flexibility index (Phi) is 5.37. The van der Waals surface area contributed by atoms with Crippen LogP contribution in [0.1, 0.15) is 16.2 Å². The molecule has 0 radical (unpaired) electrons. The molecule has 26 heavy (non-hydrogen) atoms. The molecule has 1 aliphatic heterocycles. The standard InChI is InChI=1S/C17H17FN4O4/c18-12-1-2-13(11(7-12)10-23)19-16(24)8-14-20-15(9-17(25)21-14)22-3-5-26-6-4-22/h1-2,7,9-10H,3-6,8H2,(H,19,24)(H,20,21,25). The summed E-state index contributed by atoms with van der Waals surface area (Å²) in [6, 6.07) is 4.85. The number of rotatable bonds is 5. The number of benzene rings is 1. The van der Waals surface area contributed by atoms with Gasteiger partial charge in [-0.15, -0.1) is 0 Å². The molecule has 2 aromatic rings. The molecule has 1 saturated heterocycles. The van der Waals surface area contributed by atoms with Gasteiger partial charge in [-0.2, -0.15) is 0 Å². The average molecular weight is 360 g/mol. The Morgan fingerprint density at radius 3 is 2.85 bits per heavy atom. The SMILES string of the molecule is O=Cc1cc(F)ccc1NC(=O)Cc1nc(N2CCOCC2)cc(=O)[nH]1. The summed E-state index contributed by atoms with van der Waals surface area (Å²) in [5, 5.41) is 2.52. The molecule has 0 saturated carbocycles. The molecule has 2 N–H and O–H groups in total. The van der Waals surface area contributed by atoms with Crippen molar-refractivity contribution in [3.63, 3.8) is 0 Å². The Bertz CT molecular complexity index is 877. The van der Waals surface area contributed by atoms with Gasteiger partial charge < -0.3 is 19.9 Å². The van der Waals surface area contributed by atoms with Crippen molar-refractivity contribution >= 4 is 23.7 Å². The summed E-state index contributed by atoms with van der Waals surface area (Å²) in [5.74, 6) is -0.377. The van der Waals surface area contributed by atoms with Crippen molar-refractivity contribution < 1.29 is 18.7 Å². The fourth-order valence-electron chi connectivity index (χ4n) is 2.62. The van der Waals surface area contributed by atoms with Gasteiger partial charge in [0, 0.05) is 24.7 Å². The number of carbonyl (C=O) groups excluding carboxylic acids is 2. The van der Waals surface area contributed by atoms with Crippen LogP contribution in [-0.2, 0) is 16.0 Å². The molecule has 1 aliphatic rings. The fraction of sp³-hybridized carbons (Fsp3) is 0.294. The van der Waals surface area contributed by atoms with Crippen LogP contribution in [0.25, 0.3) is 0 Å². The normalized spacial score (nSPS) is 14.1. The smallest absolute Gasteiger partial charge is 0.252 e. The number of halogens is 1. The molecular formula is C17H17FN4O4. The van der Waals surface area contributed by atoms with Gasteiger partial charge in [0.15, 0.2) is 6.29 Å². The first-order chi connectivity index (χ1) is 12.5. The maximum Gasteiger partial charge on any atom is 0.252 e. The molecule has 1 fully saturated rings. The molecule has 3 rings (SSSR count). The summed E-state index contributed by atoms with van der Waals surface area (Å²) in [6.45, 7) is 2.31. The fourth-order valence-corrected chi connectivity index (χ4v) is 2.62. The van der Waals surface area contributed by atoms with Gasteiger partial charge >= 0.3 is 0 Å². The lowest BCUT2D eigenvalue weighted by atomic mass is 10.2. The Balaban J connectivity index is 1.74. The Morgan fingerprint density at radius 1 is 1.35 bits per heavy atom. The van der Waals surface area contributed by atoms with Crippen molar-refractivity contribution in [3.05, 3.63) is 51.8 Å². The quantitative estimate of drug-likeness (QED) is 0.762. The van der Waals surface area contributed by atoms with Crippen molar-refractivity contribution in [3.8, 4) is 0 Å². The Morgan fingerprint density at radius 2 is 2.12 bits per heavy atom. The largest absolute Gasteiger partial charge is 0.378 e. The zero-order valence-corrected chi connectivity index (χ0v) is 13.8. The van der Waals surface area contributed by atoms with Gasteiger partial charge in [-0.25, -0.2) is 9.37 Å². The number of hydrogen-bond donors (Lipinski definition) is 2. The number of ether oxygens (including phenoxy) is 1. The summed E-state index contributed by atoms with van der Waals surface area (Å²) < 4.78 is 18.4. The lowest BCUT2D eigenvalue weighted by Crippen LogP contribution is -2.37. The van der Waals surface area contributed by atoms with Crippen molar-refractivity contribution in [1.82, 2.24) is 9.97 Å². The van der Waals surface area contributed by atoms with Crippen molar-refractivity contribution in [2.45, 2.75) is 6.42 Å². The molecule has 0 spiro atoms. The third kappa shape index (κ3) is 4.31. The number of aromatic nitrogens is 2. The number of carbonyl (C=O) groups is 2. The molecule has 1 amide bonds. The van der Waals surface area contributed by atoms with Gasteiger partial charge in [0.1, 0.15) is 17.5 Å². The number of morpholine rings is 1. The van der Waals surface area contributed by atoms with Crippen LogP contribution in [-0.4, -0.2) is 48.5 Å². The topological polar surface area (TPSA) is 104 Å². The molecule has 1 aromatic carbocycles. The van der Waals surface area contributed by atoms with Crippen LogP contribution in [0.2, 0.25) is 0 Å². The van der Waals surface area contributed by atoms with Crippen molar-refractivity contribution in [1.29, 1.82) is 0 Å². The minimum Gasteiger partial charge on any atom is -0.378 e. The first kappa shape index (κ1) is 17.7. The summed E-state index contributed by atoms with van der Waals surface area (Å²) in [7, 11) is 0. The summed E-state index contributed by atoms with van der Waals surface area (Å²) >= 11 is 0. The van der Waals surface area contributed by atoms with E-state index in [1.54, 1.807) is 0 Å². The van der Waals surface area contributed by atoms with E-state index >= 15 is 0 Å². The summed E-state index contributed by atoms with van der Waals surface area (Å²) in [4.78, 5) is 43.8. The van der Waals surface area contributed by atoms with E-state index in [9.17, 15) is 18.8 Å². The van der Waals surface area contributed by atoms with Gasteiger partial charge in [-0.05, 0) is 18.2 Å². The van der Waals surface area contributed by atoms with Gasteiger partial charge in [0.25, 0.3) is 5.56 Å². The van der Waals surface area contributed by atoms with Crippen LogP contribution in [0.4, 0.5) is 15.9 Å². The van der Waals surface area contributed by atoms with Crippen LogP contribution in [0.5, 0.6) is 0 Å². The maximum atomic E-state index is 13.1. The van der Waals surface area contributed by atoms with Crippen LogP contribution < -0.4 is 15.8 Å². The van der Waals surface area contributed by atoms with E-state index in [1.807, 2.05) is 4.90 Å². The van der Waals surface area contributed by atoms with E-state index < -0.39 is 11.7 Å². The Labute approximate surface area is 148 Å². The monoisotopic (exact) mass is 360 g/mol. The van der Waals surface area contributed by atoms with Gasteiger partial charge in [0.2, 0.25) is 5.91 Å². The number of aldehydes is 1. The number of amides is 1. The molecule has 1 aromatic heterocycles. The molecule has 8 nitrogen and oxygen atoms in total. The highest BCUT2D eigenvalue weighted by Gasteiger charge is 2.16. The maximum absolute atomic E-state index is 13.1. The van der Waals surface area contributed by atoms with E-state index in [0.717, 1.165) is 12.1 Å². The molecule has 0 atom stereocenters. The van der Waals surface area contributed by atoms with Crippen molar-refractivity contribution in [2.75, 3.05) is 36.5 Å². The van der Waals surface area contributed by atoms with E-state index in [4.69, 9.17) is 4.74 Å². The second-order valence-electron chi connectivity index (χ2n) is 5.72. The van der Waals surface area contributed by atoms with E-state index in [0.29, 0.717) is 38.4 Å². The average Bonchev–Trinajstić information content (AvgIpc) is 2.63. The van der Waals surface area contributed by atoms with E-state index in [-0.39, 0.29) is 29.1 Å². The highest BCUT2D eigenvalue weighted by atomic mass is 19.1. The minimum absolute atomic E-state index is 0.0295. The van der Waals surface area contributed by atoms with E-state index in [2.05, 4.69) is 15.3 Å². The molecule has 0 unspecified atom stereocenters. The molecule has 136 valence electrons. The number of anilines is 2. The third-order valence-corrected chi connectivity index (χ3v) is 3.85. The number of aromatic amines is 1. The highest BCUT2D eigenvalue weighted by Crippen LogP contribution is 2.16. The highest BCUT2D eigenvalue weighted by molar-refractivity contribution is 5.97. The predicted molar refractivity (Wildman–Crippen MR) is 92.0 cm³/mol. The molecule has 9 heteroatoms. The summed E-state index contributed by atoms with van der Waals surface area (Å²) in [6.07, 6.45) is 0.265. The number of nitrogens with one attached hydrogen (secondary N) is 2. The molecule has 0 aliphatic carbocycles. The first-order valence-corrected chi connectivity index (χ1v) is 8.02. The number of nitrogens with zero attached hydrogens (tertiary/aromatic N) is 2. The number of hydrogen-bond acceptors (Lipinski definition) is 6. The van der Waals surface area contributed by atoms with Crippen molar-refractivity contribution in [2.24, 2.45) is 0 Å². The van der Waals surface area contributed by atoms with E-state index in [1.165, 1.54) is 12.1 Å². The molecule has 0 bridgehead atoms. The van der Waals surface area contributed by atoms with Crippen LogP contribution in [0, 0.1) is 5.82 Å². The first-order valence-electron chi connectivity index (χ1n) is 8.02. The lowest BCUT2D eigenvalue weighted by molar-refractivity contribution is -0.115. The van der Waals surface area contributed by atoms with Crippen LogP contribution in [0.3, 0.4) is 0 Å². The van der Waals surface area contributed by atoms with Gasteiger partial charge in [0.05, 0.1) is 25.3 Å². The van der Waals surface area contributed by atoms with Gasteiger partial charge in [-0.3, -0.25) is 14.4 Å². The van der Waals surface area contributed by atoms with Crippen LogP contribution in [0.15, 0.2) is 29.1 Å². The van der Waals surface area contributed by atoms with Gasteiger partial charge in [-0.1, -0.05) is 0 Å².